The number of carbonyl (C=O) groups excluding carboxylic acids is 1. The summed E-state index contributed by atoms with van der Waals surface area (Å²) in [4.78, 5) is 23.1. The van der Waals surface area contributed by atoms with Gasteiger partial charge in [0.05, 0.1) is 0 Å². The number of nitrogens with one attached hydrogen (secondary N) is 1. The zero-order chi connectivity index (χ0) is 18.5. The van der Waals surface area contributed by atoms with Crippen molar-refractivity contribution in [1.82, 2.24) is 15.3 Å². The van der Waals surface area contributed by atoms with Crippen molar-refractivity contribution >= 4 is 29.0 Å². The van der Waals surface area contributed by atoms with Gasteiger partial charge in [-0.3, -0.25) is 4.79 Å². The van der Waals surface area contributed by atoms with E-state index in [1.54, 1.807) is 25.1 Å². The van der Waals surface area contributed by atoms with E-state index in [1.165, 1.54) is 0 Å². The van der Waals surface area contributed by atoms with E-state index in [9.17, 15) is 4.79 Å². The van der Waals surface area contributed by atoms with Gasteiger partial charge in [0.2, 0.25) is 0 Å². The van der Waals surface area contributed by atoms with Crippen LogP contribution in [0.15, 0.2) is 60.7 Å². The second kappa shape index (κ2) is 7.97. The smallest absolute Gasteiger partial charge is 0.270 e. The number of nitrogens with zero attached hydrogens (tertiary/aromatic N) is 3. The maximum Gasteiger partial charge on any atom is 0.270 e. The third-order valence-corrected chi connectivity index (χ3v) is 4.16. The highest BCUT2D eigenvalue weighted by Crippen LogP contribution is 2.21. The number of carbonyl (C=O) groups is 1. The summed E-state index contributed by atoms with van der Waals surface area (Å²) in [6.45, 7) is 2.18. The van der Waals surface area contributed by atoms with Crippen LogP contribution in [0.2, 0.25) is 5.02 Å². The fourth-order valence-corrected chi connectivity index (χ4v) is 2.63. The molecule has 1 aromatic heterocycles. The van der Waals surface area contributed by atoms with E-state index >= 15 is 0 Å². The molecule has 0 atom stereocenters. The Morgan fingerprint density at radius 1 is 1.08 bits per heavy atom. The molecule has 0 saturated carbocycles. The van der Waals surface area contributed by atoms with Crippen LogP contribution in [-0.4, -0.2) is 22.9 Å². The number of aryl methyl sites for hydroxylation is 1. The molecule has 0 fully saturated rings. The lowest BCUT2D eigenvalue weighted by molar-refractivity contribution is 0.0945. The third kappa shape index (κ3) is 4.37. The van der Waals surface area contributed by atoms with Crippen LogP contribution < -0.4 is 10.2 Å². The lowest BCUT2D eigenvalue weighted by Crippen LogP contribution is -2.25. The first kappa shape index (κ1) is 17.9. The summed E-state index contributed by atoms with van der Waals surface area (Å²) < 4.78 is 0. The van der Waals surface area contributed by atoms with E-state index in [2.05, 4.69) is 15.3 Å². The minimum atomic E-state index is -0.242. The molecular weight excluding hydrogens is 348 g/mol. The predicted molar refractivity (Wildman–Crippen MR) is 104 cm³/mol. The number of anilines is 2. The molecule has 26 heavy (non-hydrogen) atoms. The molecule has 3 rings (SSSR count). The van der Waals surface area contributed by atoms with Crippen molar-refractivity contribution in [3.63, 3.8) is 0 Å². The standard InChI is InChI=1S/C20H19ClN4O/c1-14-23-18(20(26)22-13-15-8-10-16(21)11-9-15)12-19(24-14)25(2)17-6-4-3-5-7-17/h3-12H,13H2,1-2H3,(H,22,26). The van der Waals surface area contributed by atoms with E-state index in [0.717, 1.165) is 11.3 Å². The summed E-state index contributed by atoms with van der Waals surface area (Å²) in [6.07, 6.45) is 0. The number of hydrogen-bond donors (Lipinski definition) is 1. The molecule has 0 aliphatic heterocycles. The molecule has 0 bridgehead atoms. The second-order valence-electron chi connectivity index (χ2n) is 5.86. The largest absolute Gasteiger partial charge is 0.347 e. The van der Waals surface area contributed by atoms with Gasteiger partial charge in [0.15, 0.2) is 0 Å². The normalized spacial score (nSPS) is 10.4. The van der Waals surface area contributed by atoms with Crippen molar-refractivity contribution in [3.8, 4) is 0 Å². The molecule has 1 amide bonds. The van der Waals surface area contributed by atoms with Crippen molar-refractivity contribution in [3.05, 3.63) is 82.8 Å². The van der Waals surface area contributed by atoms with Crippen LogP contribution in [0.3, 0.4) is 0 Å². The minimum absolute atomic E-state index is 0.242. The number of rotatable bonds is 5. The van der Waals surface area contributed by atoms with Crippen LogP contribution in [0.1, 0.15) is 21.9 Å². The Kier molecular flexibility index (Phi) is 5.49. The fourth-order valence-electron chi connectivity index (χ4n) is 2.50. The number of aromatic nitrogens is 2. The fraction of sp³-hybridized carbons (Fsp3) is 0.150. The third-order valence-electron chi connectivity index (χ3n) is 3.91. The van der Waals surface area contributed by atoms with Gasteiger partial charge in [-0.1, -0.05) is 41.9 Å². The van der Waals surface area contributed by atoms with Crippen LogP contribution in [0.25, 0.3) is 0 Å². The minimum Gasteiger partial charge on any atom is -0.347 e. The predicted octanol–water partition coefficient (Wildman–Crippen LogP) is 4.14. The molecule has 0 unspecified atom stereocenters. The van der Waals surface area contributed by atoms with Gasteiger partial charge >= 0.3 is 0 Å². The van der Waals surface area contributed by atoms with Gasteiger partial charge < -0.3 is 10.2 Å². The molecule has 0 aliphatic carbocycles. The van der Waals surface area contributed by atoms with Crippen LogP contribution in [-0.2, 0) is 6.54 Å². The average molecular weight is 367 g/mol. The molecule has 1 N–H and O–H groups in total. The van der Waals surface area contributed by atoms with Crippen molar-refractivity contribution < 1.29 is 4.79 Å². The first-order valence-corrected chi connectivity index (χ1v) is 8.58. The first-order chi connectivity index (χ1) is 12.5. The average Bonchev–Trinajstić information content (AvgIpc) is 2.67. The zero-order valence-electron chi connectivity index (χ0n) is 14.6. The summed E-state index contributed by atoms with van der Waals surface area (Å²) in [5, 5.41) is 3.54. The van der Waals surface area contributed by atoms with Gasteiger partial charge in [-0.25, -0.2) is 9.97 Å². The molecule has 1 heterocycles. The van der Waals surface area contributed by atoms with E-state index in [0.29, 0.717) is 28.9 Å². The summed E-state index contributed by atoms with van der Waals surface area (Å²) >= 11 is 5.88. The van der Waals surface area contributed by atoms with Gasteiger partial charge in [-0.15, -0.1) is 0 Å². The second-order valence-corrected chi connectivity index (χ2v) is 6.30. The highest BCUT2D eigenvalue weighted by Gasteiger charge is 2.13. The van der Waals surface area contributed by atoms with Gasteiger partial charge in [-0.2, -0.15) is 0 Å². The van der Waals surface area contributed by atoms with Gasteiger partial charge in [-0.05, 0) is 36.8 Å². The molecule has 0 aliphatic rings. The van der Waals surface area contributed by atoms with Crippen LogP contribution in [0, 0.1) is 6.92 Å². The lowest BCUT2D eigenvalue weighted by atomic mass is 10.2. The van der Waals surface area contributed by atoms with Gasteiger partial charge in [0, 0.05) is 30.4 Å². The quantitative estimate of drug-likeness (QED) is 0.737. The maximum atomic E-state index is 12.5. The Balaban J connectivity index is 1.76. The molecule has 3 aromatic rings. The molecule has 0 spiro atoms. The summed E-state index contributed by atoms with van der Waals surface area (Å²) in [5.74, 6) is 0.968. The number of amides is 1. The van der Waals surface area contributed by atoms with E-state index in [-0.39, 0.29) is 5.91 Å². The summed E-state index contributed by atoms with van der Waals surface area (Å²) in [5.41, 5.74) is 2.29. The van der Waals surface area contributed by atoms with Crippen molar-refractivity contribution in [2.45, 2.75) is 13.5 Å². The van der Waals surface area contributed by atoms with E-state index in [1.807, 2.05) is 54.4 Å². The lowest BCUT2D eigenvalue weighted by Gasteiger charge is -2.19. The Labute approximate surface area is 157 Å². The van der Waals surface area contributed by atoms with E-state index in [4.69, 9.17) is 11.6 Å². The molecule has 2 aromatic carbocycles. The number of hydrogen-bond acceptors (Lipinski definition) is 4. The Morgan fingerprint density at radius 3 is 2.46 bits per heavy atom. The number of para-hydroxylation sites is 1. The van der Waals surface area contributed by atoms with Crippen LogP contribution >= 0.6 is 11.6 Å². The zero-order valence-corrected chi connectivity index (χ0v) is 15.4. The van der Waals surface area contributed by atoms with Crippen LogP contribution in [0.4, 0.5) is 11.5 Å². The Hall–Kier alpha value is -2.92. The topological polar surface area (TPSA) is 58.1 Å². The summed E-state index contributed by atoms with van der Waals surface area (Å²) in [6, 6.07) is 18.9. The van der Waals surface area contributed by atoms with Crippen molar-refractivity contribution in [2.24, 2.45) is 0 Å². The monoisotopic (exact) mass is 366 g/mol. The van der Waals surface area contributed by atoms with Gasteiger partial charge in [0.25, 0.3) is 5.91 Å². The molecule has 6 heteroatoms. The molecule has 0 saturated heterocycles. The Bertz CT molecular complexity index is 897. The Morgan fingerprint density at radius 2 is 1.77 bits per heavy atom. The maximum absolute atomic E-state index is 12.5. The highest BCUT2D eigenvalue weighted by molar-refractivity contribution is 6.30. The van der Waals surface area contributed by atoms with Crippen molar-refractivity contribution in [1.29, 1.82) is 0 Å². The number of benzene rings is 2. The number of halogens is 1. The molecule has 0 radical (unpaired) electrons. The van der Waals surface area contributed by atoms with E-state index < -0.39 is 0 Å². The van der Waals surface area contributed by atoms with Gasteiger partial charge in [0.1, 0.15) is 17.3 Å². The molecule has 132 valence electrons. The first-order valence-electron chi connectivity index (χ1n) is 8.20. The van der Waals surface area contributed by atoms with Crippen LogP contribution in [0.5, 0.6) is 0 Å². The summed E-state index contributed by atoms with van der Waals surface area (Å²) in [7, 11) is 1.91. The van der Waals surface area contributed by atoms with Crippen molar-refractivity contribution in [2.75, 3.05) is 11.9 Å². The molecular formula is C20H19ClN4O. The SMILES string of the molecule is Cc1nc(C(=O)NCc2ccc(Cl)cc2)cc(N(C)c2ccccc2)n1. The molecule has 5 nitrogen and oxygen atoms in total. The highest BCUT2D eigenvalue weighted by atomic mass is 35.5.